The zero-order chi connectivity index (χ0) is 25.8. The van der Waals surface area contributed by atoms with Gasteiger partial charge in [0.15, 0.2) is 12.7 Å². The summed E-state index contributed by atoms with van der Waals surface area (Å²) in [5.41, 5.74) is -1.19. The third-order valence-corrected chi connectivity index (χ3v) is 4.43. The summed E-state index contributed by atoms with van der Waals surface area (Å²) >= 11 is 0. The third-order valence-electron chi connectivity index (χ3n) is 4.43. The van der Waals surface area contributed by atoms with Crippen molar-refractivity contribution in [2.75, 3.05) is 13.2 Å². The van der Waals surface area contributed by atoms with Gasteiger partial charge in [0.2, 0.25) is 0 Å². The van der Waals surface area contributed by atoms with Crippen LogP contribution in [0.1, 0.15) is 10.4 Å². The number of aromatic nitrogens is 3. The number of benzene rings is 1. The SMILES string of the molecule is O=C(NCC(O)C(F)(F)F)c1cc(-c2ccc(OCC(F)(F)F)cc2)nn(-c2cccnc2)c1=O. The predicted molar refractivity (Wildman–Crippen MR) is 109 cm³/mol. The van der Waals surface area contributed by atoms with Crippen LogP contribution in [-0.2, 0) is 0 Å². The van der Waals surface area contributed by atoms with E-state index in [2.05, 4.69) is 14.8 Å². The molecule has 0 radical (unpaired) electrons. The van der Waals surface area contributed by atoms with Gasteiger partial charge in [0, 0.05) is 11.8 Å². The lowest BCUT2D eigenvalue weighted by atomic mass is 10.1. The average Bonchev–Trinajstić information content (AvgIpc) is 2.81. The van der Waals surface area contributed by atoms with E-state index in [-0.39, 0.29) is 22.7 Å². The van der Waals surface area contributed by atoms with Crippen LogP contribution < -0.4 is 15.6 Å². The first kappa shape index (κ1) is 25.7. The van der Waals surface area contributed by atoms with E-state index in [1.165, 1.54) is 48.8 Å². The molecule has 2 aromatic heterocycles. The molecule has 1 unspecified atom stereocenters. The molecule has 0 aliphatic carbocycles. The number of ether oxygens (including phenoxy) is 1. The van der Waals surface area contributed by atoms with Crippen LogP contribution in [0.15, 0.2) is 59.7 Å². The number of hydrogen-bond donors (Lipinski definition) is 2. The number of pyridine rings is 1. The van der Waals surface area contributed by atoms with Crippen molar-refractivity contribution < 1.29 is 41.0 Å². The smallest absolute Gasteiger partial charge is 0.422 e. The molecule has 0 fully saturated rings. The minimum absolute atomic E-state index is 0.00246. The van der Waals surface area contributed by atoms with Crippen molar-refractivity contribution >= 4 is 5.91 Å². The highest BCUT2D eigenvalue weighted by Gasteiger charge is 2.38. The highest BCUT2D eigenvalue weighted by molar-refractivity contribution is 5.94. The fourth-order valence-corrected chi connectivity index (χ4v) is 2.74. The lowest BCUT2D eigenvalue weighted by Gasteiger charge is -2.15. The highest BCUT2D eigenvalue weighted by Crippen LogP contribution is 2.24. The summed E-state index contributed by atoms with van der Waals surface area (Å²) < 4.78 is 80.1. The van der Waals surface area contributed by atoms with E-state index in [4.69, 9.17) is 5.11 Å². The van der Waals surface area contributed by atoms with Crippen LogP contribution >= 0.6 is 0 Å². The third kappa shape index (κ3) is 6.79. The number of rotatable bonds is 7. The Balaban J connectivity index is 1.98. The van der Waals surface area contributed by atoms with Gasteiger partial charge in [-0.25, -0.2) is 0 Å². The normalized spacial score (nSPS) is 12.8. The molecule has 0 saturated carbocycles. The Morgan fingerprint density at radius 2 is 1.80 bits per heavy atom. The molecule has 0 aliphatic heterocycles. The molecule has 35 heavy (non-hydrogen) atoms. The number of amides is 1. The molecule has 0 aliphatic rings. The van der Waals surface area contributed by atoms with Crippen molar-refractivity contribution in [3.05, 3.63) is 70.8 Å². The van der Waals surface area contributed by atoms with Gasteiger partial charge in [-0.1, -0.05) is 0 Å². The molecule has 1 aromatic carbocycles. The summed E-state index contributed by atoms with van der Waals surface area (Å²) in [5.74, 6) is -1.31. The zero-order valence-electron chi connectivity index (χ0n) is 17.5. The van der Waals surface area contributed by atoms with E-state index in [9.17, 15) is 35.9 Å². The summed E-state index contributed by atoms with van der Waals surface area (Å²) in [6.45, 7) is -2.71. The number of carbonyl (C=O) groups is 1. The van der Waals surface area contributed by atoms with Gasteiger partial charge in [0.1, 0.15) is 11.3 Å². The van der Waals surface area contributed by atoms with E-state index in [1.807, 2.05) is 5.32 Å². The number of alkyl halides is 6. The fraction of sp³-hybridized carbons (Fsp3) is 0.238. The molecule has 2 N–H and O–H groups in total. The van der Waals surface area contributed by atoms with E-state index in [1.54, 1.807) is 0 Å². The standard InChI is InChI=1S/C21H16F6N4O4/c22-20(23,24)11-35-14-5-3-12(4-6-14)16-8-15(18(33)29-10-17(32)21(25,26)27)19(34)31(30-16)13-2-1-7-28-9-13/h1-9,17,32H,10-11H2,(H,29,33). The average molecular weight is 502 g/mol. The van der Waals surface area contributed by atoms with Crippen LogP contribution in [0.4, 0.5) is 26.3 Å². The van der Waals surface area contributed by atoms with Crippen molar-refractivity contribution in [1.29, 1.82) is 0 Å². The van der Waals surface area contributed by atoms with Gasteiger partial charge in [-0.3, -0.25) is 14.6 Å². The van der Waals surface area contributed by atoms with Crippen molar-refractivity contribution in [3.8, 4) is 22.7 Å². The van der Waals surface area contributed by atoms with Crippen molar-refractivity contribution in [3.63, 3.8) is 0 Å². The van der Waals surface area contributed by atoms with E-state index >= 15 is 0 Å². The molecule has 1 amide bonds. The Kier molecular flexibility index (Phi) is 7.43. The molecule has 1 atom stereocenters. The number of nitrogens with zero attached hydrogens (tertiary/aromatic N) is 3. The zero-order valence-corrected chi connectivity index (χ0v) is 17.5. The molecule has 14 heteroatoms. The Morgan fingerprint density at radius 3 is 2.37 bits per heavy atom. The van der Waals surface area contributed by atoms with Gasteiger partial charge in [-0.15, -0.1) is 0 Å². The van der Waals surface area contributed by atoms with Crippen LogP contribution in [0.2, 0.25) is 0 Å². The second-order valence-electron chi connectivity index (χ2n) is 7.07. The quantitative estimate of drug-likeness (QED) is 0.482. The summed E-state index contributed by atoms with van der Waals surface area (Å²) in [7, 11) is 0. The number of nitrogens with one attached hydrogen (secondary N) is 1. The lowest BCUT2D eigenvalue weighted by Crippen LogP contribution is -2.42. The van der Waals surface area contributed by atoms with E-state index in [0.717, 1.165) is 10.7 Å². The van der Waals surface area contributed by atoms with Crippen molar-refractivity contribution in [2.45, 2.75) is 18.5 Å². The summed E-state index contributed by atoms with van der Waals surface area (Å²) in [6, 6.07) is 8.98. The number of carbonyl (C=O) groups excluding carboxylic acids is 1. The second kappa shape index (κ2) is 10.1. The minimum Gasteiger partial charge on any atom is -0.484 e. The first-order valence-corrected chi connectivity index (χ1v) is 9.73. The van der Waals surface area contributed by atoms with E-state index in [0.29, 0.717) is 0 Å². The molecule has 0 bridgehead atoms. The molecular formula is C21H16F6N4O4. The number of aliphatic hydroxyl groups excluding tert-OH is 1. The van der Waals surface area contributed by atoms with Crippen LogP contribution in [-0.4, -0.2) is 57.4 Å². The maximum atomic E-state index is 12.9. The number of halogens is 6. The molecule has 186 valence electrons. The van der Waals surface area contributed by atoms with Crippen LogP contribution in [0.25, 0.3) is 16.9 Å². The van der Waals surface area contributed by atoms with Gasteiger partial charge in [-0.05, 0) is 42.5 Å². The summed E-state index contributed by atoms with van der Waals surface area (Å²) in [6.07, 6.45) is -9.72. The minimum atomic E-state index is -4.98. The fourth-order valence-electron chi connectivity index (χ4n) is 2.74. The summed E-state index contributed by atoms with van der Waals surface area (Å²) in [5, 5.41) is 15.1. The maximum absolute atomic E-state index is 12.9. The second-order valence-corrected chi connectivity index (χ2v) is 7.07. The maximum Gasteiger partial charge on any atom is 0.422 e. The number of aliphatic hydroxyl groups is 1. The van der Waals surface area contributed by atoms with Gasteiger partial charge in [0.25, 0.3) is 11.5 Å². The molecule has 0 saturated heterocycles. The molecule has 0 spiro atoms. The van der Waals surface area contributed by atoms with Crippen molar-refractivity contribution in [1.82, 2.24) is 20.1 Å². The lowest BCUT2D eigenvalue weighted by molar-refractivity contribution is -0.201. The molecule has 8 nitrogen and oxygen atoms in total. The predicted octanol–water partition coefficient (Wildman–Crippen LogP) is 2.89. The Hall–Kier alpha value is -3.94. The first-order chi connectivity index (χ1) is 16.3. The summed E-state index contributed by atoms with van der Waals surface area (Å²) in [4.78, 5) is 29.2. The first-order valence-electron chi connectivity index (χ1n) is 9.73. The van der Waals surface area contributed by atoms with Gasteiger partial charge in [0.05, 0.1) is 24.1 Å². The number of hydrogen-bond acceptors (Lipinski definition) is 6. The Morgan fingerprint density at radius 1 is 1.11 bits per heavy atom. The van der Waals surface area contributed by atoms with Crippen LogP contribution in [0.5, 0.6) is 5.75 Å². The van der Waals surface area contributed by atoms with Crippen LogP contribution in [0, 0.1) is 0 Å². The Bertz CT molecular complexity index is 1230. The Labute approximate surface area is 192 Å². The topological polar surface area (TPSA) is 106 Å². The molecule has 3 rings (SSSR count). The highest BCUT2D eigenvalue weighted by atomic mass is 19.4. The monoisotopic (exact) mass is 502 g/mol. The van der Waals surface area contributed by atoms with Crippen LogP contribution in [0.3, 0.4) is 0 Å². The van der Waals surface area contributed by atoms with Gasteiger partial charge in [-0.2, -0.15) is 36.1 Å². The van der Waals surface area contributed by atoms with Gasteiger partial charge < -0.3 is 15.2 Å². The molecule has 3 aromatic rings. The molecule has 2 heterocycles. The van der Waals surface area contributed by atoms with E-state index < -0.39 is 48.6 Å². The van der Waals surface area contributed by atoms with Crippen molar-refractivity contribution in [2.24, 2.45) is 0 Å². The largest absolute Gasteiger partial charge is 0.484 e. The van der Waals surface area contributed by atoms with Gasteiger partial charge >= 0.3 is 12.4 Å². The molecular weight excluding hydrogens is 486 g/mol.